The first kappa shape index (κ1) is 23.2. The van der Waals surface area contributed by atoms with Gasteiger partial charge in [0.2, 0.25) is 5.91 Å². The van der Waals surface area contributed by atoms with Crippen LogP contribution in [0.3, 0.4) is 0 Å². The van der Waals surface area contributed by atoms with Gasteiger partial charge in [0.05, 0.1) is 20.7 Å². The summed E-state index contributed by atoms with van der Waals surface area (Å²) < 4.78 is 7.21. The molecule has 0 fully saturated rings. The van der Waals surface area contributed by atoms with E-state index in [1.54, 1.807) is 11.7 Å². The molecule has 2 aliphatic carbocycles. The van der Waals surface area contributed by atoms with Gasteiger partial charge in [-0.3, -0.25) is 9.36 Å². The molecule has 0 aliphatic heterocycles. The van der Waals surface area contributed by atoms with Crippen LogP contribution in [-0.4, -0.2) is 25.7 Å². The van der Waals surface area contributed by atoms with Crippen molar-refractivity contribution in [1.82, 2.24) is 4.57 Å². The Bertz CT molecular complexity index is 980. The number of benzene rings is 1. The van der Waals surface area contributed by atoms with Gasteiger partial charge >= 0.3 is 0 Å². The standard InChI is InChI=1S/C19H23NO2Si.C5H5.Co/c1-22-17-13-15(19(17)23(2,3)4)9-10-18(21)20-12-11-14-7-5-6-8-16(14)20;1-2-4-5-3-1;/h5-8,11-13H,9-10H2,1-4H3;1-5H;. The molecule has 1 heterocycles. The van der Waals surface area contributed by atoms with Gasteiger partial charge in [-0.05, 0) is 35.4 Å². The fraction of sp³-hybridized carbons (Fsp3) is 0.250. The number of allylic oxidation sites excluding steroid dienone is 7. The smallest absolute Gasteiger partial charge is 0.231 e. The van der Waals surface area contributed by atoms with Crippen molar-refractivity contribution in [3.63, 3.8) is 0 Å². The maximum absolute atomic E-state index is 12.6. The average Bonchev–Trinajstić information content (AvgIpc) is 3.32. The molecule has 154 valence electrons. The molecule has 2 aromatic rings. The van der Waals surface area contributed by atoms with Crippen LogP contribution in [0.25, 0.3) is 10.9 Å². The van der Waals surface area contributed by atoms with Crippen LogP contribution in [0.2, 0.25) is 19.6 Å². The summed E-state index contributed by atoms with van der Waals surface area (Å²) in [4.78, 5) is 12.6. The van der Waals surface area contributed by atoms with Crippen LogP contribution in [0.5, 0.6) is 0 Å². The van der Waals surface area contributed by atoms with Crippen LogP contribution < -0.4 is 0 Å². The van der Waals surface area contributed by atoms with Crippen molar-refractivity contribution >= 4 is 24.9 Å². The molecule has 0 saturated carbocycles. The van der Waals surface area contributed by atoms with Crippen molar-refractivity contribution in [3.05, 3.63) is 89.9 Å². The molecule has 0 unspecified atom stereocenters. The van der Waals surface area contributed by atoms with E-state index in [1.165, 1.54) is 10.8 Å². The van der Waals surface area contributed by atoms with Crippen molar-refractivity contribution in [1.29, 1.82) is 0 Å². The van der Waals surface area contributed by atoms with Crippen LogP contribution in [0, 0.1) is 6.42 Å². The molecule has 0 spiro atoms. The average molecular weight is 450 g/mol. The van der Waals surface area contributed by atoms with Crippen molar-refractivity contribution in [2.75, 3.05) is 7.11 Å². The number of hydrogen-bond acceptors (Lipinski definition) is 2. The van der Waals surface area contributed by atoms with E-state index in [4.69, 9.17) is 4.74 Å². The van der Waals surface area contributed by atoms with Gasteiger partial charge in [-0.15, -0.1) is 0 Å². The van der Waals surface area contributed by atoms with E-state index in [2.05, 4.69) is 25.7 Å². The van der Waals surface area contributed by atoms with E-state index in [0.29, 0.717) is 6.42 Å². The number of para-hydroxylation sites is 1. The minimum Gasteiger partial charge on any atom is -0.497 e. The summed E-state index contributed by atoms with van der Waals surface area (Å²) >= 11 is 0. The van der Waals surface area contributed by atoms with Gasteiger partial charge in [0.25, 0.3) is 0 Å². The van der Waals surface area contributed by atoms with Gasteiger partial charge in [-0.1, -0.05) is 62.1 Å². The number of methoxy groups -OCH3 is 1. The summed E-state index contributed by atoms with van der Waals surface area (Å²) in [5.41, 5.74) is 2.28. The number of aromatic nitrogens is 1. The Morgan fingerprint density at radius 3 is 2.31 bits per heavy atom. The molecule has 29 heavy (non-hydrogen) atoms. The second-order valence-electron chi connectivity index (χ2n) is 7.96. The largest absolute Gasteiger partial charge is 0.497 e. The fourth-order valence-electron chi connectivity index (χ4n) is 3.58. The Hall–Kier alpha value is -2.09. The van der Waals surface area contributed by atoms with E-state index in [-0.39, 0.29) is 22.7 Å². The van der Waals surface area contributed by atoms with Gasteiger partial charge in [-0.25, -0.2) is 0 Å². The van der Waals surface area contributed by atoms with E-state index < -0.39 is 8.07 Å². The van der Waals surface area contributed by atoms with Gasteiger partial charge in [-0.2, -0.15) is 0 Å². The van der Waals surface area contributed by atoms with Gasteiger partial charge in [0, 0.05) is 41.2 Å². The second kappa shape index (κ2) is 10.1. The molecular formula is C24H28CoNO2Si. The minimum absolute atomic E-state index is 0. The summed E-state index contributed by atoms with van der Waals surface area (Å²) in [6.45, 7) is 6.95. The molecule has 4 rings (SSSR count). The Morgan fingerprint density at radius 2 is 1.72 bits per heavy atom. The third kappa shape index (κ3) is 5.50. The Balaban J connectivity index is 0.000000437. The normalized spacial score (nSPS) is 14.7. The molecule has 5 heteroatoms. The first-order valence-electron chi connectivity index (χ1n) is 9.67. The summed E-state index contributed by atoms with van der Waals surface area (Å²) in [6, 6.07) is 9.98. The first-order valence-corrected chi connectivity index (χ1v) is 13.2. The molecule has 0 N–H and O–H groups in total. The van der Waals surface area contributed by atoms with Crippen LogP contribution in [-0.2, 0) is 21.5 Å². The minimum atomic E-state index is -1.43. The number of nitrogens with zero attached hydrogens (tertiary/aromatic N) is 1. The predicted molar refractivity (Wildman–Crippen MR) is 120 cm³/mol. The molecule has 2 radical (unpaired) electrons. The molecule has 1 aromatic heterocycles. The van der Waals surface area contributed by atoms with Gasteiger partial charge < -0.3 is 4.74 Å². The summed E-state index contributed by atoms with van der Waals surface area (Å²) in [6.07, 6.45) is 15.3. The maximum Gasteiger partial charge on any atom is 0.231 e. The molecule has 3 nitrogen and oxygen atoms in total. The van der Waals surface area contributed by atoms with Crippen molar-refractivity contribution in [3.8, 4) is 0 Å². The van der Waals surface area contributed by atoms with Crippen molar-refractivity contribution in [2.24, 2.45) is 0 Å². The predicted octanol–water partition coefficient (Wildman–Crippen LogP) is 6.09. The van der Waals surface area contributed by atoms with E-state index in [0.717, 1.165) is 23.1 Å². The maximum atomic E-state index is 12.6. The van der Waals surface area contributed by atoms with E-state index in [9.17, 15) is 4.79 Å². The summed E-state index contributed by atoms with van der Waals surface area (Å²) in [7, 11) is 0.287. The Kier molecular flexibility index (Phi) is 8.08. The third-order valence-corrected chi connectivity index (χ3v) is 6.94. The fourth-order valence-corrected chi connectivity index (χ4v) is 5.65. The summed E-state index contributed by atoms with van der Waals surface area (Å²) in [5.74, 6) is 1.16. The number of hydrogen-bond donors (Lipinski definition) is 0. The molecule has 1 aromatic carbocycles. The topological polar surface area (TPSA) is 31.2 Å². The van der Waals surface area contributed by atoms with E-state index in [1.807, 2.05) is 67.3 Å². The number of fused-ring (bicyclic) bond motifs is 1. The zero-order valence-corrected chi connectivity index (χ0v) is 19.5. The number of rotatable bonds is 5. The number of carbonyl (C=O) groups is 1. The zero-order valence-electron chi connectivity index (χ0n) is 17.4. The Morgan fingerprint density at radius 1 is 1.03 bits per heavy atom. The monoisotopic (exact) mass is 449 g/mol. The zero-order chi connectivity index (χ0) is 20.1. The Labute approximate surface area is 185 Å². The molecular weight excluding hydrogens is 421 g/mol. The third-order valence-electron chi connectivity index (χ3n) is 4.87. The van der Waals surface area contributed by atoms with Crippen LogP contribution in [0.15, 0.2) is 83.4 Å². The number of carbonyl (C=O) groups excluding carboxylic acids is 1. The quantitative estimate of drug-likeness (QED) is 0.517. The van der Waals surface area contributed by atoms with Gasteiger partial charge in [0.15, 0.2) is 0 Å². The van der Waals surface area contributed by atoms with E-state index >= 15 is 0 Å². The molecule has 0 amide bonds. The van der Waals surface area contributed by atoms with Crippen LogP contribution in [0.1, 0.15) is 17.6 Å². The van der Waals surface area contributed by atoms with Crippen LogP contribution >= 0.6 is 0 Å². The SMILES string of the molecule is COC1=C([Si](C)(C)C)C(CCC(=O)n2ccc3ccccc32)=C1.[CH]1C=CC=C1.[Co]. The van der Waals surface area contributed by atoms with Crippen molar-refractivity contribution in [2.45, 2.75) is 32.5 Å². The van der Waals surface area contributed by atoms with Crippen LogP contribution in [0.4, 0.5) is 0 Å². The number of ether oxygens (including phenoxy) is 1. The molecule has 0 saturated heterocycles. The summed E-state index contributed by atoms with van der Waals surface area (Å²) in [5, 5.41) is 2.48. The van der Waals surface area contributed by atoms with Gasteiger partial charge in [0.1, 0.15) is 5.76 Å². The molecule has 2 aliphatic rings. The molecule has 0 atom stereocenters. The second-order valence-corrected chi connectivity index (χ2v) is 13.0. The van der Waals surface area contributed by atoms with Crippen molar-refractivity contribution < 1.29 is 26.3 Å². The first-order chi connectivity index (χ1) is 13.4. The molecule has 0 bridgehead atoms.